The second-order valence-corrected chi connectivity index (χ2v) is 6.42. The maximum Gasteiger partial charge on any atom is 0.158 e. The summed E-state index contributed by atoms with van der Waals surface area (Å²) in [4.78, 5) is 11.7. The molecule has 126 valence electrons. The molecule has 1 saturated carbocycles. The van der Waals surface area contributed by atoms with E-state index in [0.29, 0.717) is 38.1 Å². The van der Waals surface area contributed by atoms with Crippen molar-refractivity contribution in [2.45, 2.75) is 39.0 Å². The van der Waals surface area contributed by atoms with Crippen LogP contribution in [0.15, 0.2) is 12.2 Å². The monoisotopic (exact) mass is 310 g/mol. The van der Waals surface area contributed by atoms with Crippen LogP contribution in [0, 0.1) is 17.8 Å². The summed E-state index contributed by atoms with van der Waals surface area (Å²) in [6, 6.07) is 0. The number of Topliss-reactive ketones (excluding diaryl/α,β-unsaturated/α-hetero) is 1. The van der Waals surface area contributed by atoms with E-state index in [9.17, 15) is 4.79 Å². The summed E-state index contributed by atoms with van der Waals surface area (Å²) in [5, 5.41) is 0. The lowest BCUT2D eigenvalue weighted by atomic mass is 9.95. The van der Waals surface area contributed by atoms with E-state index in [1.54, 1.807) is 0 Å². The molecular formula is C18H30O4. The predicted octanol–water partition coefficient (Wildman–Crippen LogP) is 3.01. The normalized spacial score (nSPS) is 26.0. The van der Waals surface area contributed by atoms with Crippen molar-refractivity contribution in [1.82, 2.24) is 0 Å². The lowest BCUT2D eigenvalue weighted by Crippen LogP contribution is -2.18. The van der Waals surface area contributed by atoms with Crippen molar-refractivity contribution in [3.8, 4) is 0 Å². The molecule has 22 heavy (non-hydrogen) atoms. The van der Waals surface area contributed by atoms with Gasteiger partial charge in [-0.05, 0) is 43.4 Å². The minimum absolute atomic E-state index is 0.185. The smallest absolute Gasteiger partial charge is 0.158 e. The zero-order valence-electron chi connectivity index (χ0n) is 13.8. The summed E-state index contributed by atoms with van der Waals surface area (Å²) in [6.45, 7) is 5.75. The Labute approximate surface area is 134 Å². The summed E-state index contributed by atoms with van der Waals surface area (Å²) in [5.74, 6) is 2.29. The lowest BCUT2D eigenvalue weighted by molar-refractivity contribution is -0.124. The standard InChI is InChI=1S/C18H30O4/c1-2-7-20-9-10-21-8-3-4-18(19)14-22-13-17-12-15-5-6-16(17)11-15/h5-6,15-17H,2-4,7-14H2,1H3. The van der Waals surface area contributed by atoms with E-state index in [-0.39, 0.29) is 12.4 Å². The van der Waals surface area contributed by atoms with Crippen LogP contribution in [0.2, 0.25) is 0 Å². The first-order valence-corrected chi connectivity index (χ1v) is 8.72. The van der Waals surface area contributed by atoms with Crippen LogP contribution in [0.25, 0.3) is 0 Å². The van der Waals surface area contributed by atoms with E-state index >= 15 is 0 Å². The van der Waals surface area contributed by atoms with Gasteiger partial charge in [0.05, 0.1) is 19.8 Å². The third-order valence-corrected chi connectivity index (χ3v) is 4.48. The largest absolute Gasteiger partial charge is 0.379 e. The number of ether oxygens (including phenoxy) is 3. The highest BCUT2D eigenvalue weighted by Gasteiger charge is 2.35. The quantitative estimate of drug-likeness (QED) is 0.387. The molecule has 0 N–H and O–H groups in total. The number of carbonyl (C=O) groups is 1. The second-order valence-electron chi connectivity index (χ2n) is 6.42. The minimum atomic E-state index is 0.185. The summed E-state index contributed by atoms with van der Waals surface area (Å²) >= 11 is 0. The average Bonchev–Trinajstić information content (AvgIpc) is 3.13. The van der Waals surface area contributed by atoms with Gasteiger partial charge in [-0.2, -0.15) is 0 Å². The van der Waals surface area contributed by atoms with Crippen LogP contribution in [-0.2, 0) is 19.0 Å². The van der Waals surface area contributed by atoms with Crippen molar-refractivity contribution >= 4 is 5.78 Å². The van der Waals surface area contributed by atoms with Gasteiger partial charge < -0.3 is 14.2 Å². The molecule has 0 saturated heterocycles. The van der Waals surface area contributed by atoms with E-state index < -0.39 is 0 Å². The van der Waals surface area contributed by atoms with Gasteiger partial charge in [-0.3, -0.25) is 4.79 Å². The number of rotatable bonds is 13. The molecule has 2 bridgehead atoms. The molecule has 0 amide bonds. The van der Waals surface area contributed by atoms with Gasteiger partial charge >= 0.3 is 0 Å². The summed E-state index contributed by atoms with van der Waals surface area (Å²) in [5.41, 5.74) is 0. The predicted molar refractivity (Wildman–Crippen MR) is 85.8 cm³/mol. The summed E-state index contributed by atoms with van der Waals surface area (Å²) in [6.07, 6.45) is 9.54. The van der Waals surface area contributed by atoms with Crippen LogP contribution in [0.3, 0.4) is 0 Å². The Kier molecular flexibility index (Phi) is 8.13. The molecule has 0 heterocycles. The van der Waals surface area contributed by atoms with Crippen LogP contribution in [-0.4, -0.2) is 45.4 Å². The number of hydrogen-bond donors (Lipinski definition) is 0. The number of fused-ring (bicyclic) bond motifs is 2. The SMILES string of the molecule is CCCOCCOCCCC(=O)COCC1CC2C=CC1C2. The van der Waals surface area contributed by atoms with Crippen LogP contribution < -0.4 is 0 Å². The maximum atomic E-state index is 11.7. The first-order valence-electron chi connectivity index (χ1n) is 8.72. The highest BCUT2D eigenvalue weighted by Crippen LogP contribution is 2.43. The number of hydrogen-bond acceptors (Lipinski definition) is 4. The Morgan fingerprint density at radius 3 is 2.55 bits per heavy atom. The van der Waals surface area contributed by atoms with Gasteiger partial charge in [0.1, 0.15) is 6.61 Å². The number of ketones is 1. The summed E-state index contributed by atoms with van der Waals surface area (Å²) < 4.78 is 16.4. The Morgan fingerprint density at radius 1 is 1.05 bits per heavy atom. The molecule has 3 atom stereocenters. The van der Waals surface area contributed by atoms with Gasteiger partial charge in [-0.1, -0.05) is 19.1 Å². The molecule has 2 rings (SSSR count). The fourth-order valence-corrected chi connectivity index (χ4v) is 3.32. The Morgan fingerprint density at radius 2 is 1.86 bits per heavy atom. The molecule has 0 radical (unpaired) electrons. The average molecular weight is 310 g/mol. The van der Waals surface area contributed by atoms with Crippen LogP contribution in [0.4, 0.5) is 0 Å². The molecule has 2 aliphatic carbocycles. The first kappa shape index (κ1) is 17.6. The molecule has 1 fully saturated rings. The molecule has 2 aliphatic rings. The van der Waals surface area contributed by atoms with Crippen molar-refractivity contribution in [1.29, 1.82) is 0 Å². The minimum Gasteiger partial charge on any atom is -0.379 e. The Bertz CT molecular complexity index is 353. The van der Waals surface area contributed by atoms with Gasteiger partial charge in [0.25, 0.3) is 0 Å². The third kappa shape index (κ3) is 6.19. The molecule has 3 unspecified atom stereocenters. The Balaban J connectivity index is 1.38. The molecule has 0 aliphatic heterocycles. The first-order chi connectivity index (χ1) is 10.8. The highest BCUT2D eigenvalue weighted by atomic mass is 16.5. The van der Waals surface area contributed by atoms with Gasteiger partial charge in [-0.15, -0.1) is 0 Å². The molecular weight excluding hydrogens is 280 g/mol. The van der Waals surface area contributed by atoms with Crippen LogP contribution in [0.5, 0.6) is 0 Å². The molecule has 0 spiro atoms. The summed E-state index contributed by atoms with van der Waals surface area (Å²) in [7, 11) is 0. The van der Waals surface area contributed by atoms with Crippen molar-refractivity contribution in [3.05, 3.63) is 12.2 Å². The number of carbonyl (C=O) groups excluding carboxylic acids is 1. The van der Waals surface area contributed by atoms with Gasteiger partial charge in [-0.25, -0.2) is 0 Å². The molecule has 4 heteroatoms. The lowest BCUT2D eigenvalue weighted by Gasteiger charge is -2.17. The van der Waals surface area contributed by atoms with E-state index in [2.05, 4.69) is 19.1 Å². The van der Waals surface area contributed by atoms with E-state index in [4.69, 9.17) is 14.2 Å². The molecule has 0 aromatic rings. The zero-order valence-corrected chi connectivity index (χ0v) is 13.8. The van der Waals surface area contributed by atoms with Crippen molar-refractivity contribution in [2.75, 3.05) is 39.6 Å². The van der Waals surface area contributed by atoms with E-state index in [1.807, 2.05) is 0 Å². The third-order valence-electron chi connectivity index (χ3n) is 4.48. The van der Waals surface area contributed by atoms with Crippen LogP contribution in [0.1, 0.15) is 39.0 Å². The van der Waals surface area contributed by atoms with Crippen molar-refractivity contribution in [3.63, 3.8) is 0 Å². The van der Waals surface area contributed by atoms with Gasteiger partial charge in [0.2, 0.25) is 0 Å². The zero-order chi connectivity index (χ0) is 15.6. The number of allylic oxidation sites excluding steroid dienone is 2. The maximum absolute atomic E-state index is 11.7. The van der Waals surface area contributed by atoms with Crippen LogP contribution >= 0.6 is 0 Å². The van der Waals surface area contributed by atoms with Crippen molar-refractivity contribution < 1.29 is 19.0 Å². The molecule has 0 aromatic carbocycles. The topological polar surface area (TPSA) is 44.8 Å². The fraction of sp³-hybridized carbons (Fsp3) is 0.833. The van der Waals surface area contributed by atoms with Crippen molar-refractivity contribution in [2.24, 2.45) is 17.8 Å². The van der Waals surface area contributed by atoms with Gasteiger partial charge in [0.15, 0.2) is 5.78 Å². The fourth-order valence-electron chi connectivity index (χ4n) is 3.32. The highest BCUT2D eigenvalue weighted by molar-refractivity contribution is 5.79. The molecule has 4 nitrogen and oxygen atoms in total. The van der Waals surface area contributed by atoms with Gasteiger partial charge in [0, 0.05) is 19.6 Å². The Hall–Kier alpha value is -0.710. The molecule has 0 aromatic heterocycles. The van der Waals surface area contributed by atoms with E-state index in [0.717, 1.165) is 32.0 Å². The second kappa shape index (κ2) is 10.1. The van der Waals surface area contributed by atoms with E-state index in [1.165, 1.54) is 12.8 Å².